The largest absolute Gasteiger partial charge is 0.469 e. The van der Waals surface area contributed by atoms with Gasteiger partial charge in [-0.15, -0.1) is 0 Å². The minimum absolute atomic E-state index is 0.0100. The lowest BCUT2D eigenvalue weighted by Crippen LogP contribution is -2.07. The fourth-order valence-electron chi connectivity index (χ4n) is 1.14. The maximum Gasteiger partial charge on any atom is 0.311 e. The summed E-state index contributed by atoms with van der Waals surface area (Å²) in [6, 6.07) is 5.81. The molecule has 0 aliphatic carbocycles. The van der Waals surface area contributed by atoms with E-state index in [2.05, 4.69) is 15.3 Å². The molecule has 7 nitrogen and oxygen atoms in total. The zero-order valence-corrected chi connectivity index (χ0v) is 10.0. The summed E-state index contributed by atoms with van der Waals surface area (Å²) in [6.45, 7) is 1.68. The van der Waals surface area contributed by atoms with Gasteiger partial charge in [0.1, 0.15) is 0 Å². The number of ether oxygens (including phenoxy) is 1. The summed E-state index contributed by atoms with van der Waals surface area (Å²) in [7, 11) is 1.30. The topological polar surface area (TPSA) is 93.8 Å². The van der Waals surface area contributed by atoms with Gasteiger partial charge in [0.05, 0.1) is 24.1 Å². The molecule has 0 heterocycles. The Kier molecular flexibility index (Phi) is 4.79. The molecule has 0 spiro atoms. The third-order valence-corrected chi connectivity index (χ3v) is 2.08. The Morgan fingerprint density at radius 1 is 1.44 bits per heavy atom. The fourth-order valence-corrected chi connectivity index (χ4v) is 1.14. The van der Waals surface area contributed by atoms with E-state index in [4.69, 9.17) is 0 Å². The molecule has 0 saturated carbocycles. The summed E-state index contributed by atoms with van der Waals surface area (Å²) in [4.78, 5) is 20.9. The smallest absolute Gasteiger partial charge is 0.311 e. The number of nitrogens with one attached hydrogen (secondary N) is 1. The molecule has 0 unspecified atom stereocenters. The van der Waals surface area contributed by atoms with Crippen LogP contribution in [0.1, 0.15) is 13.3 Å². The van der Waals surface area contributed by atoms with E-state index in [-0.39, 0.29) is 18.1 Å². The molecular formula is C11H13N3O4. The van der Waals surface area contributed by atoms with Crippen LogP contribution >= 0.6 is 0 Å². The van der Waals surface area contributed by atoms with Gasteiger partial charge in [0, 0.05) is 17.8 Å². The molecule has 0 bridgehead atoms. The molecule has 0 saturated heterocycles. The molecular weight excluding hydrogens is 238 g/mol. The molecule has 1 N–H and O–H groups in total. The van der Waals surface area contributed by atoms with Crippen molar-refractivity contribution in [1.29, 1.82) is 0 Å². The number of hydrogen-bond acceptors (Lipinski definition) is 6. The molecule has 0 atom stereocenters. The molecule has 0 fully saturated rings. The summed E-state index contributed by atoms with van der Waals surface area (Å²) in [5, 5.41) is 14.4. The number of esters is 1. The SMILES string of the molecule is COC(=O)C/C(C)=N\Nc1ccc([N+](=O)[O-])cc1. The Morgan fingerprint density at radius 3 is 2.56 bits per heavy atom. The number of carbonyl (C=O) groups is 1. The van der Waals surface area contributed by atoms with E-state index in [1.165, 1.54) is 31.4 Å². The van der Waals surface area contributed by atoms with Crippen molar-refractivity contribution in [3.05, 3.63) is 34.4 Å². The average Bonchev–Trinajstić information content (AvgIpc) is 2.36. The lowest BCUT2D eigenvalue weighted by Gasteiger charge is -2.02. The first-order chi connectivity index (χ1) is 8.52. The molecule has 0 aliphatic heterocycles. The second kappa shape index (κ2) is 6.33. The zero-order valence-electron chi connectivity index (χ0n) is 10.0. The van der Waals surface area contributed by atoms with Gasteiger partial charge in [-0.1, -0.05) is 0 Å². The number of rotatable bonds is 5. The van der Waals surface area contributed by atoms with Crippen LogP contribution < -0.4 is 5.43 Å². The van der Waals surface area contributed by atoms with E-state index in [0.29, 0.717) is 11.4 Å². The highest BCUT2D eigenvalue weighted by Gasteiger charge is 2.04. The summed E-state index contributed by atoms with van der Waals surface area (Å²) < 4.78 is 4.49. The minimum atomic E-state index is -0.477. The predicted octanol–water partition coefficient (Wildman–Crippen LogP) is 1.95. The van der Waals surface area contributed by atoms with Crippen LogP contribution in [0.3, 0.4) is 0 Å². The zero-order chi connectivity index (χ0) is 13.5. The van der Waals surface area contributed by atoms with Gasteiger partial charge >= 0.3 is 5.97 Å². The molecule has 0 aromatic heterocycles. The summed E-state index contributed by atoms with van der Waals surface area (Å²) in [5.74, 6) is -0.373. The van der Waals surface area contributed by atoms with Gasteiger partial charge in [-0.2, -0.15) is 5.10 Å². The fraction of sp³-hybridized carbons (Fsp3) is 0.273. The number of hydrazone groups is 1. The lowest BCUT2D eigenvalue weighted by atomic mass is 10.3. The number of benzene rings is 1. The van der Waals surface area contributed by atoms with Crippen molar-refractivity contribution in [3.8, 4) is 0 Å². The second-order valence-electron chi connectivity index (χ2n) is 3.52. The average molecular weight is 251 g/mol. The number of hydrogen-bond donors (Lipinski definition) is 1. The Labute approximate surface area is 104 Å². The maximum absolute atomic E-state index is 10.9. The molecule has 7 heteroatoms. The van der Waals surface area contributed by atoms with E-state index in [1.54, 1.807) is 6.92 Å². The van der Waals surface area contributed by atoms with Gasteiger partial charge in [0.25, 0.3) is 5.69 Å². The third-order valence-electron chi connectivity index (χ3n) is 2.08. The highest BCUT2D eigenvalue weighted by Crippen LogP contribution is 2.15. The number of nitro groups is 1. The molecule has 0 aliphatic rings. The first kappa shape index (κ1) is 13.6. The van der Waals surface area contributed by atoms with E-state index < -0.39 is 4.92 Å². The Hall–Kier alpha value is -2.44. The van der Waals surface area contributed by atoms with Crippen molar-refractivity contribution in [2.75, 3.05) is 12.5 Å². The van der Waals surface area contributed by atoms with Crippen LogP contribution in [0.15, 0.2) is 29.4 Å². The Bertz CT molecular complexity index is 468. The molecule has 1 rings (SSSR count). The third kappa shape index (κ3) is 4.20. The highest BCUT2D eigenvalue weighted by molar-refractivity contribution is 5.97. The molecule has 96 valence electrons. The molecule has 0 radical (unpaired) electrons. The quantitative estimate of drug-likeness (QED) is 0.373. The maximum atomic E-state index is 10.9. The van der Waals surface area contributed by atoms with Crippen LogP contribution in [0.4, 0.5) is 11.4 Å². The van der Waals surface area contributed by atoms with Crippen molar-refractivity contribution >= 4 is 23.1 Å². The van der Waals surface area contributed by atoms with Crippen LogP contribution in [-0.2, 0) is 9.53 Å². The molecule has 1 aromatic rings. The highest BCUT2D eigenvalue weighted by atomic mass is 16.6. The number of nitro benzene ring substituents is 1. The normalized spacial score (nSPS) is 10.9. The molecule has 0 amide bonds. The number of carbonyl (C=O) groups excluding carboxylic acids is 1. The summed E-state index contributed by atoms with van der Waals surface area (Å²) in [6.07, 6.45) is 0.0937. The van der Waals surface area contributed by atoms with Crippen LogP contribution in [0, 0.1) is 10.1 Å². The van der Waals surface area contributed by atoms with Gasteiger partial charge in [-0.25, -0.2) is 0 Å². The van der Waals surface area contributed by atoms with Crippen molar-refractivity contribution in [2.45, 2.75) is 13.3 Å². The van der Waals surface area contributed by atoms with Gasteiger partial charge in [-0.3, -0.25) is 20.3 Å². The standard InChI is InChI=1S/C11H13N3O4/c1-8(7-11(15)18-2)12-13-9-3-5-10(6-4-9)14(16)17/h3-6,13H,7H2,1-2H3/b12-8-. The number of nitrogens with zero attached hydrogens (tertiary/aromatic N) is 2. The van der Waals surface area contributed by atoms with Crippen molar-refractivity contribution in [2.24, 2.45) is 5.10 Å². The first-order valence-corrected chi connectivity index (χ1v) is 5.13. The number of methoxy groups -OCH3 is 1. The molecule has 1 aromatic carbocycles. The first-order valence-electron chi connectivity index (χ1n) is 5.13. The van der Waals surface area contributed by atoms with Crippen molar-refractivity contribution in [1.82, 2.24) is 0 Å². The van der Waals surface area contributed by atoms with Crippen LogP contribution in [0.5, 0.6) is 0 Å². The van der Waals surface area contributed by atoms with Crippen LogP contribution in [-0.4, -0.2) is 23.7 Å². The van der Waals surface area contributed by atoms with E-state index in [1.807, 2.05) is 0 Å². The van der Waals surface area contributed by atoms with E-state index in [0.717, 1.165) is 0 Å². The monoisotopic (exact) mass is 251 g/mol. The van der Waals surface area contributed by atoms with Crippen LogP contribution in [0.2, 0.25) is 0 Å². The Morgan fingerprint density at radius 2 is 2.06 bits per heavy atom. The van der Waals surface area contributed by atoms with Gasteiger partial charge < -0.3 is 4.74 Å². The summed E-state index contributed by atoms with van der Waals surface area (Å²) in [5.41, 5.74) is 3.87. The van der Waals surface area contributed by atoms with Gasteiger partial charge in [0.2, 0.25) is 0 Å². The number of non-ortho nitro benzene ring substituents is 1. The van der Waals surface area contributed by atoms with Crippen LogP contribution in [0.25, 0.3) is 0 Å². The lowest BCUT2D eigenvalue weighted by molar-refractivity contribution is -0.384. The summed E-state index contributed by atoms with van der Waals surface area (Å²) >= 11 is 0. The Balaban J connectivity index is 2.60. The minimum Gasteiger partial charge on any atom is -0.469 e. The molecule has 18 heavy (non-hydrogen) atoms. The predicted molar refractivity (Wildman–Crippen MR) is 66.5 cm³/mol. The van der Waals surface area contributed by atoms with Crippen molar-refractivity contribution in [3.63, 3.8) is 0 Å². The van der Waals surface area contributed by atoms with E-state index in [9.17, 15) is 14.9 Å². The van der Waals surface area contributed by atoms with Gasteiger partial charge in [-0.05, 0) is 19.1 Å². The second-order valence-corrected chi connectivity index (χ2v) is 3.52. The van der Waals surface area contributed by atoms with E-state index >= 15 is 0 Å². The van der Waals surface area contributed by atoms with Crippen molar-refractivity contribution < 1.29 is 14.5 Å². The van der Waals surface area contributed by atoms with Gasteiger partial charge in [0.15, 0.2) is 0 Å². The number of anilines is 1.